The Kier molecular flexibility index (Phi) is 3.67. The lowest BCUT2D eigenvalue weighted by Crippen LogP contribution is -1.91. The van der Waals surface area contributed by atoms with Gasteiger partial charge in [-0.2, -0.15) is 0 Å². The largest absolute Gasteiger partial charge is 0.508 e. The number of rotatable bonds is 3. The molecule has 0 fully saturated rings. The minimum absolute atomic E-state index is 0.213. The fourth-order valence-corrected chi connectivity index (χ4v) is 3.03. The number of phenolic OH excluding ortho intramolecular Hbond substituents is 1. The van der Waals surface area contributed by atoms with Gasteiger partial charge in [0.2, 0.25) is 0 Å². The number of hydrogen-bond donors (Lipinski definition) is 1. The van der Waals surface area contributed by atoms with Crippen molar-refractivity contribution >= 4 is 22.9 Å². The number of phenols is 1. The molecule has 1 atom stereocenters. The van der Waals surface area contributed by atoms with Crippen molar-refractivity contribution in [2.45, 2.75) is 5.38 Å². The van der Waals surface area contributed by atoms with Gasteiger partial charge in [-0.15, -0.1) is 21.8 Å². The highest BCUT2D eigenvalue weighted by atomic mass is 35.5. The van der Waals surface area contributed by atoms with Gasteiger partial charge in [0.1, 0.15) is 21.1 Å². The maximum atomic E-state index is 9.50. The first kappa shape index (κ1) is 13.1. The summed E-state index contributed by atoms with van der Waals surface area (Å²) >= 11 is 7.85. The van der Waals surface area contributed by atoms with E-state index in [4.69, 9.17) is 11.6 Å². The zero-order chi connectivity index (χ0) is 13.9. The third-order valence-electron chi connectivity index (χ3n) is 2.84. The van der Waals surface area contributed by atoms with E-state index >= 15 is 0 Å². The molecule has 0 saturated heterocycles. The molecule has 100 valence electrons. The molecule has 0 spiro atoms. The molecule has 0 aliphatic heterocycles. The van der Waals surface area contributed by atoms with Gasteiger partial charge < -0.3 is 5.11 Å². The molecule has 2 aromatic carbocycles. The van der Waals surface area contributed by atoms with E-state index in [1.54, 1.807) is 18.2 Å². The highest BCUT2D eigenvalue weighted by Gasteiger charge is 2.16. The first-order valence-corrected chi connectivity index (χ1v) is 7.31. The van der Waals surface area contributed by atoms with Crippen molar-refractivity contribution in [2.75, 3.05) is 0 Å². The summed E-state index contributed by atoms with van der Waals surface area (Å²) in [6, 6.07) is 16.7. The van der Waals surface area contributed by atoms with Crippen LogP contribution in [0.3, 0.4) is 0 Å². The first-order chi connectivity index (χ1) is 9.74. The Hall–Kier alpha value is -1.91. The zero-order valence-electron chi connectivity index (χ0n) is 10.4. The molecule has 1 unspecified atom stereocenters. The monoisotopic (exact) mass is 302 g/mol. The summed E-state index contributed by atoms with van der Waals surface area (Å²) in [6.45, 7) is 0. The Bertz CT molecular complexity index is 715. The van der Waals surface area contributed by atoms with E-state index in [0.717, 1.165) is 21.1 Å². The number of alkyl halides is 1. The van der Waals surface area contributed by atoms with Crippen molar-refractivity contribution < 1.29 is 5.11 Å². The van der Waals surface area contributed by atoms with Crippen LogP contribution in [0, 0.1) is 0 Å². The summed E-state index contributed by atoms with van der Waals surface area (Å²) in [4.78, 5) is 0. The molecule has 0 saturated carbocycles. The number of aromatic nitrogens is 2. The highest BCUT2D eigenvalue weighted by molar-refractivity contribution is 7.15. The molecule has 1 heterocycles. The summed E-state index contributed by atoms with van der Waals surface area (Å²) in [5.74, 6) is 0.213. The van der Waals surface area contributed by atoms with Crippen LogP contribution in [0.25, 0.3) is 10.6 Å². The molecule has 3 aromatic rings. The van der Waals surface area contributed by atoms with Crippen molar-refractivity contribution in [2.24, 2.45) is 0 Å². The van der Waals surface area contributed by atoms with Crippen molar-refractivity contribution in [1.82, 2.24) is 10.2 Å². The smallest absolute Gasteiger partial charge is 0.147 e. The molecule has 1 aromatic heterocycles. The van der Waals surface area contributed by atoms with Gasteiger partial charge in [-0.1, -0.05) is 53.8 Å². The molecule has 0 aliphatic rings. The Morgan fingerprint density at radius 3 is 2.55 bits per heavy atom. The first-order valence-electron chi connectivity index (χ1n) is 6.06. The number of aromatic hydroxyl groups is 1. The molecule has 0 aliphatic carbocycles. The number of halogens is 1. The van der Waals surface area contributed by atoms with Crippen LogP contribution in [0.2, 0.25) is 0 Å². The quantitative estimate of drug-likeness (QED) is 0.736. The van der Waals surface area contributed by atoms with Gasteiger partial charge in [0.05, 0.1) is 0 Å². The van der Waals surface area contributed by atoms with Crippen LogP contribution in [0.15, 0.2) is 54.6 Å². The molecule has 0 amide bonds. The predicted molar refractivity (Wildman–Crippen MR) is 81.1 cm³/mol. The fourth-order valence-electron chi connectivity index (χ4n) is 1.86. The topological polar surface area (TPSA) is 46.0 Å². The molecule has 0 radical (unpaired) electrons. The summed E-state index contributed by atoms with van der Waals surface area (Å²) in [5, 5.41) is 19.0. The second-order valence-corrected chi connectivity index (χ2v) is 5.71. The van der Waals surface area contributed by atoms with Crippen molar-refractivity contribution in [3.8, 4) is 16.3 Å². The molecular weight excluding hydrogens is 292 g/mol. The molecule has 3 rings (SSSR count). The summed E-state index contributed by atoms with van der Waals surface area (Å²) in [6.07, 6.45) is 0. The normalized spacial score (nSPS) is 12.2. The Balaban J connectivity index is 1.91. The predicted octanol–water partition coefficient (Wildman–Crippen LogP) is 4.24. The molecule has 20 heavy (non-hydrogen) atoms. The van der Waals surface area contributed by atoms with Crippen molar-refractivity contribution in [3.63, 3.8) is 0 Å². The molecule has 5 heteroatoms. The molecule has 0 bridgehead atoms. The minimum Gasteiger partial charge on any atom is -0.508 e. The maximum Gasteiger partial charge on any atom is 0.147 e. The van der Waals surface area contributed by atoms with Crippen LogP contribution in [0.5, 0.6) is 5.75 Å². The molecular formula is C15H11ClN2OS. The number of benzene rings is 2. The maximum absolute atomic E-state index is 9.50. The van der Waals surface area contributed by atoms with Crippen LogP contribution in [0.4, 0.5) is 0 Å². The van der Waals surface area contributed by atoms with E-state index in [1.165, 1.54) is 11.3 Å². The SMILES string of the molecule is Oc1cccc(-c2nnc(C(Cl)c3ccccc3)s2)c1. The lowest BCUT2D eigenvalue weighted by Gasteiger charge is -2.04. The van der Waals surface area contributed by atoms with Crippen LogP contribution >= 0.6 is 22.9 Å². The minimum atomic E-state index is -0.306. The van der Waals surface area contributed by atoms with Crippen molar-refractivity contribution in [3.05, 3.63) is 65.2 Å². The van der Waals surface area contributed by atoms with Gasteiger partial charge in [-0.25, -0.2) is 0 Å². The molecule has 1 N–H and O–H groups in total. The van der Waals surface area contributed by atoms with E-state index in [0.29, 0.717) is 0 Å². The van der Waals surface area contributed by atoms with Gasteiger partial charge in [-0.3, -0.25) is 0 Å². The second kappa shape index (κ2) is 5.61. The van der Waals surface area contributed by atoms with Gasteiger partial charge in [0.15, 0.2) is 0 Å². The Morgan fingerprint density at radius 2 is 1.80 bits per heavy atom. The third-order valence-corrected chi connectivity index (χ3v) is 4.47. The fraction of sp³-hybridized carbons (Fsp3) is 0.0667. The summed E-state index contributed by atoms with van der Waals surface area (Å²) in [5.41, 5.74) is 1.83. The van der Waals surface area contributed by atoms with Crippen LogP contribution in [0.1, 0.15) is 15.9 Å². The van der Waals surface area contributed by atoms with Crippen molar-refractivity contribution in [1.29, 1.82) is 0 Å². The van der Waals surface area contributed by atoms with E-state index in [2.05, 4.69) is 10.2 Å². The average Bonchev–Trinajstić information content (AvgIpc) is 2.97. The van der Waals surface area contributed by atoms with Gasteiger partial charge in [0, 0.05) is 5.56 Å². The lowest BCUT2D eigenvalue weighted by molar-refractivity contribution is 0.475. The number of hydrogen-bond acceptors (Lipinski definition) is 4. The zero-order valence-corrected chi connectivity index (χ0v) is 12.0. The average molecular weight is 303 g/mol. The van der Waals surface area contributed by atoms with Gasteiger partial charge in [-0.05, 0) is 17.7 Å². The van der Waals surface area contributed by atoms with E-state index in [-0.39, 0.29) is 11.1 Å². The third kappa shape index (κ3) is 2.66. The van der Waals surface area contributed by atoms with E-state index in [9.17, 15) is 5.11 Å². The number of nitrogens with zero attached hydrogens (tertiary/aromatic N) is 2. The van der Waals surface area contributed by atoms with Crippen LogP contribution < -0.4 is 0 Å². The molecule has 3 nitrogen and oxygen atoms in total. The second-order valence-electron chi connectivity index (χ2n) is 4.27. The van der Waals surface area contributed by atoms with Gasteiger partial charge >= 0.3 is 0 Å². The standard InChI is InChI=1S/C15H11ClN2OS/c16-13(10-5-2-1-3-6-10)15-18-17-14(20-15)11-7-4-8-12(19)9-11/h1-9,13,19H. The van der Waals surface area contributed by atoms with Gasteiger partial charge in [0.25, 0.3) is 0 Å². The van der Waals surface area contributed by atoms with Crippen LogP contribution in [-0.2, 0) is 0 Å². The van der Waals surface area contributed by atoms with E-state index in [1.807, 2.05) is 36.4 Å². The Labute approximate surface area is 125 Å². The van der Waals surface area contributed by atoms with Crippen LogP contribution in [-0.4, -0.2) is 15.3 Å². The van der Waals surface area contributed by atoms with E-state index < -0.39 is 0 Å². The summed E-state index contributed by atoms with van der Waals surface area (Å²) in [7, 11) is 0. The highest BCUT2D eigenvalue weighted by Crippen LogP contribution is 2.34. The summed E-state index contributed by atoms with van der Waals surface area (Å²) < 4.78 is 0. The Morgan fingerprint density at radius 1 is 1.00 bits per heavy atom. The lowest BCUT2D eigenvalue weighted by atomic mass is 10.1.